The van der Waals surface area contributed by atoms with Crippen LogP contribution in [-0.2, 0) is 18.2 Å². The molecule has 1 N–H and O–H groups in total. The lowest BCUT2D eigenvalue weighted by atomic mass is 10.2. The van der Waals surface area contributed by atoms with Crippen molar-refractivity contribution in [1.82, 2.24) is 9.78 Å². The summed E-state index contributed by atoms with van der Waals surface area (Å²) in [4.78, 5) is 0. The second-order valence-electron chi connectivity index (χ2n) is 3.96. The Morgan fingerprint density at radius 3 is 2.56 bits per heavy atom. The van der Waals surface area contributed by atoms with Crippen LogP contribution in [0.5, 0.6) is 0 Å². The molecule has 0 spiro atoms. The van der Waals surface area contributed by atoms with Gasteiger partial charge in [-0.15, -0.1) is 0 Å². The molecular weight excluding hydrogens is 317 g/mol. The van der Waals surface area contributed by atoms with Crippen LogP contribution in [0.15, 0.2) is 4.47 Å². The molecule has 1 unspecified atom stereocenters. The number of hydrogen-bond donors (Lipinski definition) is 1. The normalized spacial score (nSPS) is 13.9. The van der Waals surface area contributed by atoms with Gasteiger partial charge in [0, 0.05) is 13.5 Å². The van der Waals surface area contributed by atoms with Crippen molar-refractivity contribution in [3.8, 4) is 0 Å². The van der Waals surface area contributed by atoms with Crippen molar-refractivity contribution in [3.05, 3.63) is 15.9 Å². The average Bonchev–Trinajstić information content (AvgIpc) is 2.43. The third-order valence-electron chi connectivity index (χ3n) is 2.27. The number of halogens is 4. The Morgan fingerprint density at radius 1 is 1.50 bits per heavy atom. The van der Waals surface area contributed by atoms with Crippen LogP contribution in [0.1, 0.15) is 11.4 Å². The smallest absolute Gasteiger partial charge is 0.390 e. The molecule has 104 valence electrons. The van der Waals surface area contributed by atoms with Crippen molar-refractivity contribution < 1.29 is 23.0 Å². The molecule has 8 heteroatoms. The van der Waals surface area contributed by atoms with Crippen LogP contribution in [0.4, 0.5) is 13.2 Å². The second kappa shape index (κ2) is 6.03. The molecule has 0 radical (unpaired) electrons. The first-order valence-corrected chi connectivity index (χ1v) is 6.00. The largest absolute Gasteiger partial charge is 0.411 e. The summed E-state index contributed by atoms with van der Waals surface area (Å²) in [5.74, 6) is 0. The van der Waals surface area contributed by atoms with Gasteiger partial charge in [0.2, 0.25) is 0 Å². The molecular formula is C10H14BrF3N2O2. The molecule has 1 atom stereocenters. The van der Waals surface area contributed by atoms with E-state index in [9.17, 15) is 18.3 Å². The van der Waals surface area contributed by atoms with Gasteiger partial charge in [-0.25, -0.2) is 0 Å². The summed E-state index contributed by atoms with van der Waals surface area (Å²) < 4.78 is 42.2. The van der Waals surface area contributed by atoms with E-state index >= 15 is 0 Å². The number of hydrogen-bond acceptors (Lipinski definition) is 3. The van der Waals surface area contributed by atoms with Gasteiger partial charge in [-0.3, -0.25) is 4.68 Å². The molecule has 1 aromatic heterocycles. The summed E-state index contributed by atoms with van der Waals surface area (Å²) in [7, 11) is 1.70. The zero-order chi connectivity index (χ0) is 13.9. The summed E-state index contributed by atoms with van der Waals surface area (Å²) in [6.07, 6.45) is -5.20. The number of aromatic nitrogens is 2. The Hall–Kier alpha value is -0.600. The van der Waals surface area contributed by atoms with Crippen LogP contribution in [0.25, 0.3) is 0 Å². The van der Waals surface area contributed by atoms with E-state index in [-0.39, 0.29) is 13.0 Å². The first-order valence-electron chi connectivity index (χ1n) is 5.21. The molecule has 1 rings (SSSR count). The number of ether oxygens (including phenoxy) is 1. The van der Waals surface area contributed by atoms with Crippen molar-refractivity contribution in [3.63, 3.8) is 0 Å². The lowest BCUT2D eigenvalue weighted by Gasteiger charge is -2.13. The summed E-state index contributed by atoms with van der Waals surface area (Å²) in [5.41, 5.74) is 1.48. The van der Waals surface area contributed by atoms with E-state index < -0.39 is 18.9 Å². The zero-order valence-electron chi connectivity index (χ0n) is 9.96. The van der Waals surface area contributed by atoms with Gasteiger partial charge >= 0.3 is 6.18 Å². The SMILES string of the molecule is Cc1nn(C)c(CC(O)COCC(F)(F)F)c1Br. The summed E-state index contributed by atoms with van der Waals surface area (Å²) in [5, 5.41) is 13.7. The molecule has 1 heterocycles. The van der Waals surface area contributed by atoms with Crippen molar-refractivity contribution in [2.24, 2.45) is 7.05 Å². The molecule has 4 nitrogen and oxygen atoms in total. The third kappa shape index (κ3) is 4.58. The van der Waals surface area contributed by atoms with Crippen molar-refractivity contribution in [2.75, 3.05) is 13.2 Å². The maximum Gasteiger partial charge on any atom is 0.411 e. The van der Waals surface area contributed by atoms with E-state index in [4.69, 9.17) is 0 Å². The molecule has 0 fully saturated rings. The lowest BCUT2D eigenvalue weighted by Crippen LogP contribution is -2.24. The van der Waals surface area contributed by atoms with Gasteiger partial charge in [-0.1, -0.05) is 0 Å². The quantitative estimate of drug-likeness (QED) is 0.897. The number of alkyl halides is 3. The van der Waals surface area contributed by atoms with Gasteiger partial charge in [0.25, 0.3) is 0 Å². The van der Waals surface area contributed by atoms with Gasteiger partial charge in [-0.05, 0) is 22.9 Å². The van der Waals surface area contributed by atoms with Crippen LogP contribution in [0, 0.1) is 6.92 Å². The Morgan fingerprint density at radius 2 is 2.11 bits per heavy atom. The topological polar surface area (TPSA) is 47.3 Å². The monoisotopic (exact) mass is 330 g/mol. The molecule has 0 aliphatic carbocycles. The van der Waals surface area contributed by atoms with Crippen molar-refractivity contribution >= 4 is 15.9 Å². The molecule has 0 aliphatic rings. The molecule has 1 aromatic rings. The molecule has 0 saturated carbocycles. The molecule has 0 amide bonds. The van der Waals surface area contributed by atoms with Crippen LogP contribution < -0.4 is 0 Å². The Balaban J connectivity index is 2.47. The van der Waals surface area contributed by atoms with Gasteiger partial charge in [0.15, 0.2) is 0 Å². The minimum absolute atomic E-state index is 0.176. The van der Waals surface area contributed by atoms with Crippen molar-refractivity contribution in [2.45, 2.75) is 25.6 Å². The van der Waals surface area contributed by atoms with E-state index in [0.717, 1.165) is 15.9 Å². The summed E-state index contributed by atoms with van der Waals surface area (Å²) in [6, 6.07) is 0. The first kappa shape index (κ1) is 15.5. The number of aliphatic hydroxyl groups is 1. The standard InChI is InChI=1S/C10H14BrF3N2O2/c1-6-9(11)8(16(2)15-6)3-7(17)4-18-5-10(12,13)14/h7,17H,3-5H2,1-2H3. The highest BCUT2D eigenvalue weighted by Gasteiger charge is 2.28. The highest BCUT2D eigenvalue weighted by molar-refractivity contribution is 9.10. The fraction of sp³-hybridized carbons (Fsp3) is 0.700. The Kier molecular flexibility index (Phi) is 5.18. The number of nitrogens with zero attached hydrogens (tertiary/aromatic N) is 2. The predicted octanol–water partition coefficient (Wildman–Crippen LogP) is 1.97. The number of aryl methyl sites for hydroxylation is 2. The van der Waals surface area contributed by atoms with E-state index in [0.29, 0.717) is 0 Å². The Bertz CT molecular complexity index is 407. The third-order valence-corrected chi connectivity index (χ3v) is 3.30. The molecule has 0 saturated heterocycles. The maximum absolute atomic E-state index is 11.8. The minimum atomic E-state index is -4.37. The van der Waals surface area contributed by atoms with Crippen LogP contribution in [0.3, 0.4) is 0 Å². The highest BCUT2D eigenvalue weighted by Crippen LogP contribution is 2.21. The average molecular weight is 331 g/mol. The van der Waals surface area contributed by atoms with Gasteiger partial charge in [-0.2, -0.15) is 18.3 Å². The Labute approximate surface area is 111 Å². The van der Waals surface area contributed by atoms with Crippen LogP contribution in [-0.4, -0.2) is 40.4 Å². The number of rotatable bonds is 5. The maximum atomic E-state index is 11.8. The number of aliphatic hydroxyl groups excluding tert-OH is 1. The molecule has 0 bridgehead atoms. The molecule has 0 aromatic carbocycles. The van der Waals surface area contributed by atoms with Gasteiger partial charge in [0.1, 0.15) is 6.61 Å². The molecule has 0 aliphatic heterocycles. The first-order chi connectivity index (χ1) is 8.20. The van der Waals surface area contributed by atoms with Crippen molar-refractivity contribution in [1.29, 1.82) is 0 Å². The van der Waals surface area contributed by atoms with E-state index in [1.165, 1.54) is 0 Å². The van der Waals surface area contributed by atoms with E-state index in [2.05, 4.69) is 25.8 Å². The summed E-state index contributed by atoms with van der Waals surface area (Å²) in [6.45, 7) is 0.0753. The van der Waals surface area contributed by atoms with Gasteiger partial charge < -0.3 is 9.84 Å². The fourth-order valence-corrected chi connectivity index (χ4v) is 1.99. The van der Waals surface area contributed by atoms with Crippen LogP contribution >= 0.6 is 15.9 Å². The highest BCUT2D eigenvalue weighted by atomic mass is 79.9. The second-order valence-corrected chi connectivity index (χ2v) is 4.75. The van der Waals surface area contributed by atoms with Gasteiger partial charge in [0.05, 0.1) is 28.6 Å². The van der Waals surface area contributed by atoms with E-state index in [1.807, 2.05) is 0 Å². The molecule has 18 heavy (non-hydrogen) atoms. The van der Waals surface area contributed by atoms with E-state index in [1.54, 1.807) is 18.7 Å². The lowest BCUT2D eigenvalue weighted by molar-refractivity contribution is -0.179. The zero-order valence-corrected chi connectivity index (χ0v) is 11.5. The fourth-order valence-electron chi connectivity index (χ4n) is 1.49. The predicted molar refractivity (Wildman–Crippen MR) is 62.2 cm³/mol. The minimum Gasteiger partial charge on any atom is -0.390 e. The summed E-state index contributed by atoms with van der Waals surface area (Å²) >= 11 is 3.31. The van der Waals surface area contributed by atoms with Crippen LogP contribution in [0.2, 0.25) is 0 Å².